The lowest BCUT2D eigenvalue weighted by molar-refractivity contribution is -0.122. The molecule has 0 spiro atoms. The summed E-state index contributed by atoms with van der Waals surface area (Å²) >= 11 is 1.66. The molecule has 5 nitrogen and oxygen atoms in total. The number of ether oxygens (including phenoxy) is 1. The summed E-state index contributed by atoms with van der Waals surface area (Å²) in [7, 11) is 1.58. The van der Waals surface area contributed by atoms with Gasteiger partial charge in [0.1, 0.15) is 0 Å². The van der Waals surface area contributed by atoms with Crippen LogP contribution >= 0.6 is 11.8 Å². The molecule has 116 valence electrons. The van der Waals surface area contributed by atoms with Crippen molar-refractivity contribution in [3.8, 4) is 5.88 Å². The van der Waals surface area contributed by atoms with Gasteiger partial charge in [-0.1, -0.05) is 6.07 Å². The van der Waals surface area contributed by atoms with Crippen LogP contribution in [0.15, 0.2) is 18.3 Å². The van der Waals surface area contributed by atoms with Crippen LogP contribution in [0.2, 0.25) is 0 Å². The molecule has 2 rings (SSSR count). The Bertz CT molecular complexity index is 460. The van der Waals surface area contributed by atoms with Crippen LogP contribution in [0.1, 0.15) is 30.9 Å². The zero-order chi connectivity index (χ0) is 15.2. The summed E-state index contributed by atoms with van der Waals surface area (Å²) in [5, 5.41) is 12.6. The summed E-state index contributed by atoms with van der Waals surface area (Å²) in [5.74, 6) is 1.69. The summed E-state index contributed by atoms with van der Waals surface area (Å²) in [6, 6.07) is 3.64. The van der Waals surface area contributed by atoms with Gasteiger partial charge in [0, 0.05) is 24.4 Å². The normalized spacial score (nSPS) is 22.2. The first-order valence-corrected chi connectivity index (χ1v) is 8.49. The van der Waals surface area contributed by atoms with Gasteiger partial charge in [0.05, 0.1) is 19.3 Å². The van der Waals surface area contributed by atoms with Crippen molar-refractivity contribution in [3.05, 3.63) is 23.9 Å². The van der Waals surface area contributed by atoms with Crippen LogP contribution in [-0.4, -0.2) is 41.2 Å². The van der Waals surface area contributed by atoms with Crippen LogP contribution in [-0.2, 0) is 4.79 Å². The minimum absolute atomic E-state index is 0.0477. The topological polar surface area (TPSA) is 71.5 Å². The number of pyridine rings is 1. The van der Waals surface area contributed by atoms with Crippen LogP contribution in [0.25, 0.3) is 0 Å². The lowest BCUT2D eigenvalue weighted by atomic mass is 9.75. The maximum absolute atomic E-state index is 12.0. The second kappa shape index (κ2) is 7.66. The van der Waals surface area contributed by atoms with E-state index in [1.54, 1.807) is 31.1 Å². The third-order valence-electron chi connectivity index (χ3n) is 3.80. The molecule has 1 heterocycles. The first kappa shape index (κ1) is 16.1. The number of amides is 1. The van der Waals surface area contributed by atoms with Gasteiger partial charge in [-0.15, -0.1) is 0 Å². The molecule has 1 aliphatic rings. The summed E-state index contributed by atoms with van der Waals surface area (Å²) < 4.78 is 5.06. The van der Waals surface area contributed by atoms with E-state index in [0.29, 0.717) is 12.3 Å². The summed E-state index contributed by atoms with van der Waals surface area (Å²) in [6.45, 7) is 0. The Morgan fingerprint density at radius 3 is 2.86 bits per heavy atom. The van der Waals surface area contributed by atoms with E-state index in [1.165, 1.54) is 0 Å². The third-order valence-corrected chi connectivity index (χ3v) is 4.41. The van der Waals surface area contributed by atoms with E-state index < -0.39 is 0 Å². The number of aliphatic hydroxyl groups is 1. The second-order valence-corrected chi connectivity index (χ2v) is 6.29. The van der Waals surface area contributed by atoms with E-state index in [4.69, 9.17) is 4.74 Å². The van der Waals surface area contributed by atoms with E-state index >= 15 is 0 Å². The largest absolute Gasteiger partial charge is 0.481 e. The van der Waals surface area contributed by atoms with Crippen molar-refractivity contribution in [2.45, 2.75) is 31.4 Å². The molecule has 1 amide bonds. The Morgan fingerprint density at radius 1 is 1.57 bits per heavy atom. The van der Waals surface area contributed by atoms with Gasteiger partial charge in [0.15, 0.2) is 0 Å². The Hall–Kier alpha value is -1.27. The fourth-order valence-electron chi connectivity index (χ4n) is 2.51. The van der Waals surface area contributed by atoms with Crippen LogP contribution in [0.4, 0.5) is 0 Å². The molecule has 0 radical (unpaired) electrons. The second-order valence-electron chi connectivity index (χ2n) is 5.31. The van der Waals surface area contributed by atoms with Gasteiger partial charge in [0.25, 0.3) is 0 Å². The number of nitrogens with zero attached hydrogens (tertiary/aromatic N) is 1. The summed E-state index contributed by atoms with van der Waals surface area (Å²) in [5.41, 5.74) is 0.963. The molecule has 1 aromatic heterocycles. The highest BCUT2D eigenvalue weighted by Gasteiger charge is 2.35. The van der Waals surface area contributed by atoms with E-state index in [1.807, 2.05) is 12.3 Å². The minimum atomic E-state index is -0.244. The molecule has 0 aromatic carbocycles. The van der Waals surface area contributed by atoms with Crippen molar-refractivity contribution in [1.29, 1.82) is 0 Å². The highest BCUT2D eigenvalue weighted by Crippen LogP contribution is 2.38. The highest BCUT2D eigenvalue weighted by atomic mass is 32.2. The molecule has 1 fully saturated rings. The summed E-state index contributed by atoms with van der Waals surface area (Å²) in [4.78, 5) is 16.2. The fourth-order valence-corrected chi connectivity index (χ4v) is 2.90. The molecule has 0 aliphatic heterocycles. The number of hydrogen-bond donors (Lipinski definition) is 2. The minimum Gasteiger partial charge on any atom is -0.481 e. The molecular formula is C15H22N2O3S. The van der Waals surface area contributed by atoms with Gasteiger partial charge >= 0.3 is 0 Å². The number of hydrogen-bond acceptors (Lipinski definition) is 5. The monoisotopic (exact) mass is 310 g/mol. The van der Waals surface area contributed by atoms with Crippen molar-refractivity contribution in [3.63, 3.8) is 0 Å². The van der Waals surface area contributed by atoms with Crippen molar-refractivity contribution in [2.24, 2.45) is 5.92 Å². The van der Waals surface area contributed by atoms with Crippen LogP contribution in [0, 0.1) is 5.92 Å². The Labute approximate surface area is 129 Å². The van der Waals surface area contributed by atoms with Gasteiger partial charge in [-0.3, -0.25) is 4.79 Å². The SMILES string of the molecule is COc1ccc(C(NC(=O)CCSC)C2CC(O)C2)cn1. The first-order valence-electron chi connectivity index (χ1n) is 7.10. The predicted octanol–water partition coefficient (Wildman–Crippen LogP) is 1.77. The number of carbonyl (C=O) groups is 1. The van der Waals surface area contributed by atoms with Gasteiger partial charge in [-0.05, 0) is 30.6 Å². The number of methoxy groups -OCH3 is 1. The van der Waals surface area contributed by atoms with Crippen molar-refractivity contribution in [1.82, 2.24) is 10.3 Å². The molecule has 1 atom stereocenters. The molecule has 6 heteroatoms. The van der Waals surface area contributed by atoms with Crippen molar-refractivity contribution < 1.29 is 14.6 Å². The van der Waals surface area contributed by atoms with E-state index in [-0.39, 0.29) is 24.0 Å². The zero-order valence-corrected chi connectivity index (χ0v) is 13.2. The fraction of sp³-hybridized carbons (Fsp3) is 0.600. The lowest BCUT2D eigenvalue weighted by Crippen LogP contribution is -2.41. The van der Waals surface area contributed by atoms with Crippen LogP contribution in [0.3, 0.4) is 0 Å². The predicted molar refractivity (Wildman–Crippen MR) is 83.4 cm³/mol. The number of aliphatic hydroxyl groups excluding tert-OH is 1. The molecule has 0 bridgehead atoms. The van der Waals surface area contributed by atoms with Gasteiger partial charge in [-0.25, -0.2) is 4.98 Å². The Kier molecular flexibility index (Phi) is 5.87. The highest BCUT2D eigenvalue weighted by molar-refractivity contribution is 7.98. The zero-order valence-electron chi connectivity index (χ0n) is 12.4. The molecule has 1 aliphatic carbocycles. The Morgan fingerprint density at radius 2 is 2.33 bits per heavy atom. The number of nitrogens with one attached hydrogen (secondary N) is 1. The van der Waals surface area contributed by atoms with E-state index in [9.17, 15) is 9.90 Å². The average molecular weight is 310 g/mol. The van der Waals surface area contributed by atoms with E-state index in [0.717, 1.165) is 24.2 Å². The van der Waals surface area contributed by atoms with Crippen LogP contribution in [0.5, 0.6) is 5.88 Å². The molecule has 1 unspecified atom stereocenters. The van der Waals surface area contributed by atoms with Crippen molar-refractivity contribution in [2.75, 3.05) is 19.1 Å². The van der Waals surface area contributed by atoms with Crippen LogP contribution < -0.4 is 10.1 Å². The first-order chi connectivity index (χ1) is 10.1. The molecule has 1 aromatic rings. The van der Waals surface area contributed by atoms with Crippen molar-refractivity contribution >= 4 is 17.7 Å². The quantitative estimate of drug-likeness (QED) is 0.803. The number of thioether (sulfide) groups is 1. The standard InChI is InChI=1S/C15H22N2O3S/c1-20-14-4-3-10(9-16-14)15(11-7-12(18)8-11)17-13(19)5-6-21-2/h3-4,9,11-12,15,18H,5-8H2,1-2H3,(H,17,19). The molecular weight excluding hydrogens is 288 g/mol. The third kappa shape index (κ3) is 4.35. The van der Waals surface area contributed by atoms with Gasteiger partial charge in [0.2, 0.25) is 11.8 Å². The average Bonchev–Trinajstić information content (AvgIpc) is 2.48. The number of carbonyl (C=O) groups excluding carboxylic acids is 1. The van der Waals surface area contributed by atoms with Gasteiger partial charge in [-0.2, -0.15) is 11.8 Å². The Balaban J connectivity index is 2.05. The molecule has 0 saturated heterocycles. The maximum atomic E-state index is 12.0. The molecule has 1 saturated carbocycles. The smallest absolute Gasteiger partial charge is 0.221 e. The lowest BCUT2D eigenvalue weighted by Gasteiger charge is -2.38. The number of aromatic nitrogens is 1. The van der Waals surface area contributed by atoms with E-state index in [2.05, 4.69) is 10.3 Å². The number of rotatable bonds is 7. The van der Waals surface area contributed by atoms with Gasteiger partial charge < -0.3 is 15.2 Å². The molecule has 21 heavy (non-hydrogen) atoms. The maximum Gasteiger partial charge on any atom is 0.221 e. The summed E-state index contributed by atoms with van der Waals surface area (Å²) in [6.07, 6.45) is 5.44. The molecule has 2 N–H and O–H groups in total.